The minimum atomic E-state index is -0.837. The van der Waals surface area contributed by atoms with Crippen molar-refractivity contribution in [1.82, 2.24) is 4.90 Å². The van der Waals surface area contributed by atoms with Gasteiger partial charge >= 0.3 is 5.97 Å². The number of amides is 1. The minimum absolute atomic E-state index is 0.123. The second kappa shape index (κ2) is 6.81. The van der Waals surface area contributed by atoms with Crippen molar-refractivity contribution in [3.63, 3.8) is 0 Å². The van der Waals surface area contributed by atoms with Crippen molar-refractivity contribution in [2.45, 2.75) is 45.8 Å². The third-order valence-corrected chi connectivity index (χ3v) is 4.36. The number of carboxylic acid groups (broad SMARTS) is 1. The normalized spacial score (nSPS) is 22.4. The van der Waals surface area contributed by atoms with Crippen molar-refractivity contribution in [2.75, 3.05) is 6.54 Å². The van der Waals surface area contributed by atoms with Crippen molar-refractivity contribution in [2.24, 2.45) is 5.92 Å². The number of likely N-dealkylation sites (tertiary alicyclic amines) is 1. The van der Waals surface area contributed by atoms with Gasteiger partial charge in [-0.15, -0.1) is 0 Å². The van der Waals surface area contributed by atoms with Gasteiger partial charge in [-0.3, -0.25) is 9.59 Å². The first kappa shape index (κ1) is 16.3. The van der Waals surface area contributed by atoms with Crippen molar-refractivity contribution >= 4 is 11.9 Å². The van der Waals surface area contributed by atoms with E-state index in [1.54, 1.807) is 11.8 Å². The number of para-hydroxylation sites is 1. The Bertz CT molecular complexity index is 557. The first-order chi connectivity index (χ1) is 10.5. The number of hydrogen-bond donors (Lipinski definition) is 1. The second-order valence-corrected chi connectivity index (χ2v) is 5.79. The fraction of sp³-hybridized carbons (Fsp3) is 0.529. The molecule has 22 heavy (non-hydrogen) atoms. The quantitative estimate of drug-likeness (QED) is 0.907. The molecule has 0 saturated carbocycles. The van der Waals surface area contributed by atoms with Gasteiger partial charge in [-0.2, -0.15) is 0 Å². The van der Waals surface area contributed by atoms with E-state index in [1.165, 1.54) is 0 Å². The number of carbonyl (C=O) groups is 2. The van der Waals surface area contributed by atoms with Crippen molar-refractivity contribution in [1.29, 1.82) is 0 Å². The highest BCUT2D eigenvalue weighted by Gasteiger charge is 2.40. The third-order valence-electron chi connectivity index (χ3n) is 4.36. The van der Waals surface area contributed by atoms with E-state index >= 15 is 0 Å². The van der Waals surface area contributed by atoms with E-state index in [9.17, 15) is 14.7 Å². The average Bonchev–Trinajstić information content (AvgIpc) is 2.87. The van der Waals surface area contributed by atoms with Gasteiger partial charge in [0.2, 0.25) is 0 Å². The molecule has 1 fully saturated rings. The SMILES string of the molecule is CCC(Oc1ccccc1C)C(=O)N1CCC(C(=O)O)C1C. The summed E-state index contributed by atoms with van der Waals surface area (Å²) in [4.78, 5) is 25.5. The lowest BCUT2D eigenvalue weighted by molar-refractivity contribution is -0.144. The average molecular weight is 305 g/mol. The molecule has 1 saturated heterocycles. The first-order valence-corrected chi connectivity index (χ1v) is 7.71. The van der Waals surface area contributed by atoms with Gasteiger partial charge in [0.1, 0.15) is 5.75 Å². The van der Waals surface area contributed by atoms with Crippen LogP contribution in [-0.2, 0) is 9.59 Å². The molecule has 2 rings (SSSR count). The number of nitrogens with zero attached hydrogens (tertiary/aromatic N) is 1. The van der Waals surface area contributed by atoms with Gasteiger partial charge < -0.3 is 14.7 Å². The van der Waals surface area contributed by atoms with E-state index in [0.29, 0.717) is 25.1 Å². The van der Waals surface area contributed by atoms with Crippen LogP contribution in [-0.4, -0.2) is 40.6 Å². The van der Waals surface area contributed by atoms with E-state index < -0.39 is 18.0 Å². The highest BCUT2D eigenvalue weighted by atomic mass is 16.5. The zero-order valence-electron chi connectivity index (χ0n) is 13.3. The summed E-state index contributed by atoms with van der Waals surface area (Å²) in [5.74, 6) is -0.748. The zero-order chi connectivity index (χ0) is 16.3. The van der Waals surface area contributed by atoms with Crippen LogP contribution in [0.5, 0.6) is 5.75 Å². The fourth-order valence-corrected chi connectivity index (χ4v) is 2.92. The largest absolute Gasteiger partial charge is 0.481 e. The van der Waals surface area contributed by atoms with Crippen LogP contribution < -0.4 is 4.74 Å². The molecular formula is C17H23NO4. The molecule has 1 aliphatic heterocycles. The van der Waals surface area contributed by atoms with E-state index in [-0.39, 0.29) is 11.9 Å². The van der Waals surface area contributed by atoms with Crippen LogP contribution >= 0.6 is 0 Å². The summed E-state index contributed by atoms with van der Waals surface area (Å²) in [6.45, 7) is 6.11. The van der Waals surface area contributed by atoms with Crippen LogP contribution in [0.25, 0.3) is 0 Å². The number of aliphatic carboxylic acids is 1. The number of carbonyl (C=O) groups excluding carboxylic acids is 1. The Balaban J connectivity index is 2.10. The maximum absolute atomic E-state index is 12.7. The van der Waals surface area contributed by atoms with Crippen molar-refractivity contribution in [3.8, 4) is 5.75 Å². The number of ether oxygens (including phenoxy) is 1. The molecule has 3 unspecified atom stereocenters. The molecular weight excluding hydrogens is 282 g/mol. The van der Waals surface area contributed by atoms with E-state index in [2.05, 4.69) is 0 Å². The van der Waals surface area contributed by atoms with Crippen molar-refractivity contribution < 1.29 is 19.4 Å². The highest BCUT2D eigenvalue weighted by Crippen LogP contribution is 2.27. The number of benzene rings is 1. The third kappa shape index (κ3) is 3.24. The standard InChI is InChI=1S/C17H23NO4/c1-4-14(22-15-8-6-5-7-11(15)2)16(19)18-10-9-13(12(18)3)17(20)21/h5-8,12-14H,4,9-10H2,1-3H3,(H,20,21). The molecule has 1 aromatic rings. The summed E-state index contributed by atoms with van der Waals surface area (Å²) in [5.41, 5.74) is 0.978. The predicted molar refractivity (Wildman–Crippen MR) is 82.8 cm³/mol. The topological polar surface area (TPSA) is 66.8 Å². The number of rotatable bonds is 5. The Morgan fingerprint density at radius 3 is 2.64 bits per heavy atom. The monoisotopic (exact) mass is 305 g/mol. The van der Waals surface area contributed by atoms with Gasteiger partial charge in [0.25, 0.3) is 5.91 Å². The molecule has 120 valence electrons. The zero-order valence-corrected chi connectivity index (χ0v) is 13.3. The van der Waals surface area contributed by atoms with Gasteiger partial charge in [-0.05, 0) is 38.3 Å². The Labute approximate surface area is 130 Å². The number of carboxylic acids is 1. The summed E-state index contributed by atoms with van der Waals surface area (Å²) in [5, 5.41) is 9.18. The van der Waals surface area contributed by atoms with Crippen LogP contribution in [0, 0.1) is 12.8 Å². The molecule has 0 aliphatic carbocycles. The molecule has 1 aliphatic rings. The predicted octanol–water partition coefficient (Wildman–Crippen LogP) is 2.47. The maximum Gasteiger partial charge on any atom is 0.308 e. The summed E-state index contributed by atoms with van der Waals surface area (Å²) in [6.07, 6.45) is 0.480. The van der Waals surface area contributed by atoms with Crippen LogP contribution in [0.15, 0.2) is 24.3 Å². The molecule has 5 heteroatoms. The second-order valence-electron chi connectivity index (χ2n) is 5.79. The minimum Gasteiger partial charge on any atom is -0.481 e. The van der Waals surface area contributed by atoms with E-state index in [1.807, 2.05) is 38.1 Å². The summed E-state index contributed by atoms with van der Waals surface area (Å²) in [6, 6.07) is 7.28. The van der Waals surface area contributed by atoms with Gasteiger partial charge in [0.15, 0.2) is 6.10 Å². The fourth-order valence-electron chi connectivity index (χ4n) is 2.92. The molecule has 0 spiro atoms. The molecule has 3 atom stereocenters. The smallest absolute Gasteiger partial charge is 0.308 e. The van der Waals surface area contributed by atoms with E-state index in [4.69, 9.17) is 4.74 Å². The summed E-state index contributed by atoms with van der Waals surface area (Å²) in [7, 11) is 0. The van der Waals surface area contributed by atoms with Gasteiger partial charge in [-0.25, -0.2) is 0 Å². The molecule has 1 aromatic carbocycles. The molecule has 1 amide bonds. The highest BCUT2D eigenvalue weighted by molar-refractivity contribution is 5.83. The van der Waals surface area contributed by atoms with Gasteiger partial charge in [0.05, 0.1) is 5.92 Å². The Hall–Kier alpha value is -2.04. The Morgan fingerprint density at radius 1 is 1.41 bits per heavy atom. The molecule has 0 bridgehead atoms. The van der Waals surface area contributed by atoms with Gasteiger partial charge in [-0.1, -0.05) is 25.1 Å². The molecule has 1 heterocycles. The lowest BCUT2D eigenvalue weighted by atomic mass is 10.0. The summed E-state index contributed by atoms with van der Waals surface area (Å²) >= 11 is 0. The van der Waals surface area contributed by atoms with Crippen LogP contribution in [0.4, 0.5) is 0 Å². The van der Waals surface area contributed by atoms with Crippen molar-refractivity contribution in [3.05, 3.63) is 29.8 Å². The number of aryl methyl sites for hydroxylation is 1. The van der Waals surface area contributed by atoms with Crippen LogP contribution in [0.1, 0.15) is 32.3 Å². The first-order valence-electron chi connectivity index (χ1n) is 7.71. The lowest BCUT2D eigenvalue weighted by Gasteiger charge is -2.28. The van der Waals surface area contributed by atoms with E-state index in [0.717, 1.165) is 5.56 Å². The number of hydrogen-bond acceptors (Lipinski definition) is 3. The molecule has 1 N–H and O–H groups in total. The molecule has 0 aromatic heterocycles. The molecule has 5 nitrogen and oxygen atoms in total. The Kier molecular flexibility index (Phi) is 5.06. The lowest BCUT2D eigenvalue weighted by Crippen LogP contribution is -2.45. The molecule has 0 radical (unpaired) electrons. The van der Waals surface area contributed by atoms with Crippen LogP contribution in [0.3, 0.4) is 0 Å². The maximum atomic E-state index is 12.7. The Morgan fingerprint density at radius 2 is 2.09 bits per heavy atom. The van der Waals surface area contributed by atoms with Gasteiger partial charge in [0, 0.05) is 12.6 Å². The van der Waals surface area contributed by atoms with Crippen LogP contribution in [0.2, 0.25) is 0 Å². The summed E-state index contributed by atoms with van der Waals surface area (Å²) < 4.78 is 5.87.